The van der Waals surface area contributed by atoms with Crippen molar-refractivity contribution in [1.82, 2.24) is 0 Å². The molecule has 0 aliphatic heterocycles. The molecule has 0 saturated carbocycles. The lowest BCUT2D eigenvalue weighted by molar-refractivity contribution is -0.293. The quantitative estimate of drug-likeness (QED) is 0.416. The first-order valence-corrected chi connectivity index (χ1v) is 3.44. The van der Waals surface area contributed by atoms with Crippen LogP contribution in [0.5, 0.6) is 0 Å². The van der Waals surface area contributed by atoms with E-state index in [1.807, 2.05) is 0 Å². The summed E-state index contributed by atoms with van der Waals surface area (Å²) in [6, 6.07) is 0. The standard InChI is InChI=1S/C5H8ClF3O2/c6-2-1-3-11-4(10)5(7,8)9/h4,10H,1-3H2. The fourth-order valence-electron chi connectivity index (χ4n) is 0.344. The Kier molecular flexibility index (Phi) is 4.79. The SMILES string of the molecule is OC(OCCCCl)C(F)(F)F. The number of hydrogen-bond donors (Lipinski definition) is 1. The summed E-state index contributed by atoms with van der Waals surface area (Å²) in [6.45, 7) is -0.190. The Morgan fingerprint density at radius 2 is 2.00 bits per heavy atom. The molecule has 0 aromatic carbocycles. The Morgan fingerprint density at radius 3 is 2.36 bits per heavy atom. The van der Waals surface area contributed by atoms with Crippen LogP contribution in [-0.2, 0) is 4.74 Å². The van der Waals surface area contributed by atoms with Gasteiger partial charge in [-0.25, -0.2) is 0 Å². The second-order valence-electron chi connectivity index (χ2n) is 1.81. The van der Waals surface area contributed by atoms with E-state index in [9.17, 15) is 13.2 Å². The lowest BCUT2D eigenvalue weighted by atomic mass is 10.5. The Bertz CT molecular complexity index is 106. The second kappa shape index (κ2) is 4.79. The van der Waals surface area contributed by atoms with E-state index in [2.05, 4.69) is 4.74 Å². The van der Waals surface area contributed by atoms with E-state index in [0.717, 1.165) is 0 Å². The summed E-state index contributed by atoms with van der Waals surface area (Å²) in [4.78, 5) is 0. The molecular formula is C5H8ClF3O2. The van der Waals surface area contributed by atoms with Crippen molar-refractivity contribution in [3.8, 4) is 0 Å². The van der Waals surface area contributed by atoms with Crippen LogP contribution in [0.1, 0.15) is 6.42 Å². The Hall–Kier alpha value is -0.0000000000000000555. The maximum absolute atomic E-state index is 11.5. The van der Waals surface area contributed by atoms with Gasteiger partial charge in [0.2, 0.25) is 0 Å². The maximum atomic E-state index is 11.5. The summed E-state index contributed by atoms with van der Waals surface area (Å²) < 4.78 is 38.4. The molecule has 1 atom stereocenters. The predicted octanol–water partition coefficient (Wildman–Crippen LogP) is 1.51. The molecule has 0 radical (unpaired) electrons. The van der Waals surface area contributed by atoms with Gasteiger partial charge in [0.25, 0.3) is 6.29 Å². The van der Waals surface area contributed by atoms with E-state index in [4.69, 9.17) is 16.7 Å². The highest BCUT2D eigenvalue weighted by Gasteiger charge is 2.39. The molecule has 0 saturated heterocycles. The molecular weight excluding hydrogens is 184 g/mol. The summed E-state index contributed by atoms with van der Waals surface area (Å²) in [5.74, 6) is 0.213. The Balaban J connectivity index is 3.44. The minimum atomic E-state index is -4.70. The maximum Gasteiger partial charge on any atom is 0.439 e. The van der Waals surface area contributed by atoms with Gasteiger partial charge in [-0.2, -0.15) is 13.2 Å². The summed E-state index contributed by atoms with van der Waals surface area (Å²) in [5.41, 5.74) is 0. The number of aliphatic hydroxyl groups is 1. The first-order valence-electron chi connectivity index (χ1n) is 2.91. The van der Waals surface area contributed by atoms with E-state index >= 15 is 0 Å². The van der Waals surface area contributed by atoms with Gasteiger partial charge >= 0.3 is 6.18 Å². The molecule has 1 unspecified atom stereocenters. The van der Waals surface area contributed by atoms with Gasteiger partial charge in [-0.3, -0.25) is 0 Å². The van der Waals surface area contributed by atoms with Crippen LogP contribution < -0.4 is 0 Å². The minimum absolute atomic E-state index is 0.190. The molecule has 68 valence electrons. The third-order valence-electron chi connectivity index (χ3n) is 0.834. The van der Waals surface area contributed by atoms with E-state index < -0.39 is 12.5 Å². The van der Waals surface area contributed by atoms with Crippen molar-refractivity contribution in [2.45, 2.75) is 18.9 Å². The van der Waals surface area contributed by atoms with Gasteiger partial charge in [0, 0.05) is 5.88 Å². The lowest BCUT2D eigenvalue weighted by Gasteiger charge is -2.14. The van der Waals surface area contributed by atoms with Crippen molar-refractivity contribution in [3.63, 3.8) is 0 Å². The molecule has 0 aliphatic rings. The van der Waals surface area contributed by atoms with E-state index in [0.29, 0.717) is 0 Å². The highest BCUT2D eigenvalue weighted by molar-refractivity contribution is 6.17. The van der Waals surface area contributed by atoms with Crippen molar-refractivity contribution < 1.29 is 23.0 Å². The molecule has 6 heteroatoms. The van der Waals surface area contributed by atoms with Gasteiger partial charge in [0.05, 0.1) is 6.61 Å². The second-order valence-corrected chi connectivity index (χ2v) is 2.19. The van der Waals surface area contributed by atoms with Crippen LogP contribution in [0.4, 0.5) is 13.2 Å². The van der Waals surface area contributed by atoms with Crippen molar-refractivity contribution in [2.24, 2.45) is 0 Å². The van der Waals surface area contributed by atoms with Crippen molar-refractivity contribution in [1.29, 1.82) is 0 Å². The van der Waals surface area contributed by atoms with E-state index in [1.165, 1.54) is 0 Å². The normalized spacial score (nSPS) is 15.0. The van der Waals surface area contributed by atoms with Crippen LogP contribution in [0.3, 0.4) is 0 Å². The van der Waals surface area contributed by atoms with E-state index in [-0.39, 0.29) is 18.9 Å². The number of ether oxygens (including phenoxy) is 1. The molecule has 0 aliphatic carbocycles. The van der Waals surface area contributed by atoms with Crippen molar-refractivity contribution in [2.75, 3.05) is 12.5 Å². The number of halogens is 4. The Labute approximate surface area is 66.9 Å². The van der Waals surface area contributed by atoms with Crippen LogP contribution >= 0.6 is 11.6 Å². The summed E-state index contributed by atoms with van der Waals surface area (Å²) in [5, 5.41) is 8.22. The predicted molar refractivity (Wildman–Crippen MR) is 33.4 cm³/mol. The first kappa shape index (κ1) is 11.0. The smallest absolute Gasteiger partial charge is 0.361 e. The molecule has 0 aromatic rings. The van der Waals surface area contributed by atoms with Crippen LogP contribution in [0.25, 0.3) is 0 Å². The zero-order chi connectivity index (χ0) is 8.91. The number of hydrogen-bond acceptors (Lipinski definition) is 2. The van der Waals surface area contributed by atoms with Crippen LogP contribution in [0, 0.1) is 0 Å². The fraction of sp³-hybridized carbons (Fsp3) is 1.00. The van der Waals surface area contributed by atoms with Gasteiger partial charge in [-0.1, -0.05) is 0 Å². The van der Waals surface area contributed by atoms with Crippen molar-refractivity contribution in [3.05, 3.63) is 0 Å². The van der Waals surface area contributed by atoms with Gasteiger partial charge in [0.15, 0.2) is 0 Å². The average Bonchev–Trinajstić information content (AvgIpc) is 1.86. The summed E-state index contributed by atoms with van der Waals surface area (Å²) >= 11 is 5.16. The lowest BCUT2D eigenvalue weighted by Crippen LogP contribution is -2.31. The zero-order valence-electron chi connectivity index (χ0n) is 5.57. The third-order valence-corrected chi connectivity index (χ3v) is 1.10. The third kappa shape index (κ3) is 5.29. The molecule has 2 nitrogen and oxygen atoms in total. The van der Waals surface area contributed by atoms with Gasteiger partial charge in [-0.15, -0.1) is 11.6 Å². The molecule has 0 bridgehead atoms. The number of alkyl halides is 4. The first-order chi connectivity index (χ1) is 4.98. The van der Waals surface area contributed by atoms with Crippen LogP contribution in [0.15, 0.2) is 0 Å². The summed E-state index contributed by atoms with van der Waals surface area (Å²) in [6.07, 6.45) is -7.10. The molecule has 0 heterocycles. The molecule has 11 heavy (non-hydrogen) atoms. The van der Waals surface area contributed by atoms with Crippen LogP contribution in [-0.4, -0.2) is 30.1 Å². The van der Waals surface area contributed by atoms with E-state index in [1.54, 1.807) is 0 Å². The largest absolute Gasteiger partial charge is 0.439 e. The highest BCUT2D eigenvalue weighted by atomic mass is 35.5. The molecule has 0 rings (SSSR count). The Morgan fingerprint density at radius 1 is 1.45 bits per heavy atom. The van der Waals surface area contributed by atoms with Gasteiger partial charge < -0.3 is 9.84 Å². The topological polar surface area (TPSA) is 29.5 Å². The zero-order valence-corrected chi connectivity index (χ0v) is 6.32. The molecule has 0 fully saturated rings. The average molecular weight is 193 g/mol. The van der Waals surface area contributed by atoms with Gasteiger partial charge in [-0.05, 0) is 6.42 Å². The summed E-state index contributed by atoms with van der Waals surface area (Å²) in [7, 11) is 0. The fourth-order valence-corrected chi connectivity index (χ4v) is 0.453. The molecule has 0 aromatic heterocycles. The molecule has 0 amide bonds. The monoisotopic (exact) mass is 192 g/mol. The number of aliphatic hydroxyl groups excluding tert-OH is 1. The van der Waals surface area contributed by atoms with Crippen molar-refractivity contribution >= 4 is 11.6 Å². The van der Waals surface area contributed by atoms with Crippen LogP contribution in [0.2, 0.25) is 0 Å². The minimum Gasteiger partial charge on any atom is -0.361 e. The molecule has 0 spiro atoms. The molecule has 1 N–H and O–H groups in total. The number of rotatable bonds is 4. The highest BCUT2D eigenvalue weighted by Crippen LogP contribution is 2.20. The van der Waals surface area contributed by atoms with Gasteiger partial charge in [0.1, 0.15) is 0 Å².